The lowest BCUT2D eigenvalue weighted by molar-refractivity contribution is 0.350. The second-order valence-electron chi connectivity index (χ2n) is 6.84. The summed E-state index contributed by atoms with van der Waals surface area (Å²) in [6.45, 7) is 13.9. The van der Waals surface area contributed by atoms with E-state index in [4.69, 9.17) is 4.74 Å². The summed E-state index contributed by atoms with van der Waals surface area (Å²) in [5.41, 5.74) is 0. The van der Waals surface area contributed by atoms with E-state index >= 15 is 0 Å². The minimum Gasteiger partial charge on any atom is -0.473 e. The van der Waals surface area contributed by atoms with Gasteiger partial charge in [0.2, 0.25) is 0 Å². The van der Waals surface area contributed by atoms with E-state index in [1.54, 1.807) is 0 Å². The summed E-state index contributed by atoms with van der Waals surface area (Å²) in [6, 6.07) is 0. The lowest BCUT2D eigenvalue weighted by Crippen LogP contribution is -2.06. The molecular formula is C20H38O. The average Bonchev–Trinajstić information content (AvgIpc) is 2.46. The van der Waals surface area contributed by atoms with Gasteiger partial charge < -0.3 is 4.74 Å². The van der Waals surface area contributed by atoms with Crippen LogP contribution in [0.4, 0.5) is 0 Å². The predicted molar refractivity (Wildman–Crippen MR) is 95.1 cm³/mol. The van der Waals surface area contributed by atoms with Crippen LogP contribution in [-0.2, 0) is 4.74 Å². The molecule has 0 aromatic heterocycles. The third kappa shape index (κ3) is 10.6. The van der Waals surface area contributed by atoms with Crippen LogP contribution in [0.15, 0.2) is 24.7 Å². The fourth-order valence-electron chi connectivity index (χ4n) is 2.64. The zero-order valence-corrected chi connectivity index (χ0v) is 15.3. The number of hydrogen-bond acceptors (Lipinski definition) is 1. The van der Waals surface area contributed by atoms with Crippen molar-refractivity contribution < 1.29 is 4.74 Å². The van der Waals surface area contributed by atoms with Gasteiger partial charge >= 0.3 is 0 Å². The Morgan fingerprint density at radius 2 is 1.05 bits per heavy atom. The first-order valence-corrected chi connectivity index (χ1v) is 8.98. The molecule has 0 rings (SSSR count). The van der Waals surface area contributed by atoms with Crippen LogP contribution in [0.1, 0.15) is 80.1 Å². The molecule has 0 spiro atoms. The minimum atomic E-state index is 0.740. The van der Waals surface area contributed by atoms with Gasteiger partial charge in [-0.3, -0.25) is 0 Å². The van der Waals surface area contributed by atoms with E-state index in [0.29, 0.717) is 0 Å². The highest BCUT2D eigenvalue weighted by Crippen LogP contribution is 2.21. The molecule has 0 aliphatic heterocycles. The molecule has 0 aliphatic rings. The SMILES string of the molecule is CCCC(C)C(C)CC=COC=CCC(C)C(C)CCC. The fraction of sp³-hybridized carbons (Fsp3) is 0.800. The summed E-state index contributed by atoms with van der Waals surface area (Å²) < 4.78 is 5.45. The molecule has 4 atom stereocenters. The van der Waals surface area contributed by atoms with E-state index in [-0.39, 0.29) is 0 Å². The van der Waals surface area contributed by atoms with Crippen LogP contribution in [0.5, 0.6) is 0 Å². The molecule has 0 fully saturated rings. The standard InChI is InChI=1S/C20H38O/c1-7-11-17(3)19(5)13-9-15-21-16-10-14-20(6)18(4)12-8-2/h9-10,15-20H,7-8,11-14H2,1-6H3. The van der Waals surface area contributed by atoms with E-state index in [2.05, 4.69) is 53.7 Å². The van der Waals surface area contributed by atoms with E-state index < -0.39 is 0 Å². The van der Waals surface area contributed by atoms with Crippen molar-refractivity contribution in [2.24, 2.45) is 23.7 Å². The van der Waals surface area contributed by atoms with Crippen molar-refractivity contribution in [3.05, 3.63) is 24.7 Å². The first-order chi connectivity index (χ1) is 10.0. The monoisotopic (exact) mass is 294 g/mol. The number of ether oxygens (including phenoxy) is 1. The summed E-state index contributed by atoms with van der Waals surface area (Å²) >= 11 is 0. The molecule has 0 aliphatic carbocycles. The molecule has 0 saturated carbocycles. The summed E-state index contributed by atoms with van der Waals surface area (Å²) in [5, 5.41) is 0. The number of hydrogen-bond donors (Lipinski definition) is 0. The van der Waals surface area contributed by atoms with E-state index in [9.17, 15) is 0 Å². The van der Waals surface area contributed by atoms with Crippen molar-refractivity contribution in [3.63, 3.8) is 0 Å². The summed E-state index contributed by atoms with van der Waals surface area (Å²) in [4.78, 5) is 0. The van der Waals surface area contributed by atoms with E-state index in [1.807, 2.05) is 12.5 Å². The van der Waals surface area contributed by atoms with Gasteiger partial charge in [0.25, 0.3) is 0 Å². The van der Waals surface area contributed by atoms with Crippen molar-refractivity contribution in [2.45, 2.75) is 80.1 Å². The van der Waals surface area contributed by atoms with Crippen molar-refractivity contribution in [2.75, 3.05) is 0 Å². The highest BCUT2D eigenvalue weighted by Gasteiger charge is 2.09. The molecule has 0 N–H and O–H groups in total. The van der Waals surface area contributed by atoms with Gasteiger partial charge in [-0.1, -0.05) is 67.2 Å². The molecule has 0 aromatic carbocycles. The Balaban J connectivity index is 3.78. The summed E-state index contributed by atoms with van der Waals surface area (Å²) in [6.07, 6.45) is 15.4. The molecule has 0 heterocycles. The van der Waals surface area contributed by atoms with Crippen LogP contribution in [0, 0.1) is 23.7 Å². The van der Waals surface area contributed by atoms with Crippen molar-refractivity contribution in [3.8, 4) is 0 Å². The van der Waals surface area contributed by atoms with Gasteiger partial charge in [-0.15, -0.1) is 0 Å². The van der Waals surface area contributed by atoms with Crippen LogP contribution >= 0.6 is 0 Å². The van der Waals surface area contributed by atoms with E-state index in [0.717, 1.165) is 36.5 Å². The largest absolute Gasteiger partial charge is 0.473 e. The van der Waals surface area contributed by atoms with Crippen LogP contribution in [0.3, 0.4) is 0 Å². The van der Waals surface area contributed by atoms with Crippen molar-refractivity contribution in [1.82, 2.24) is 0 Å². The topological polar surface area (TPSA) is 9.23 Å². The predicted octanol–water partition coefficient (Wildman–Crippen LogP) is 6.96. The maximum Gasteiger partial charge on any atom is 0.0861 e. The normalized spacial score (nSPS) is 18.0. The molecule has 4 unspecified atom stereocenters. The molecule has 124 valence electrons. The Morgan fingerprint density at radius 1 is 0.667 bits per heavy atom. The fourth-order valence-corrected chi connectivity index (χ4v) is 2.64. The maximum absolute atomic E-state index is 5.45. The minimum absolute atomic E-state index is 0.740. The zero-order chi connectivity index (χ0) is 16.1. The summed E-state index contributed by atoms with van der Waals surface area (Å²) in [7, 11) is 0. The molecule has 1 nitrogen and oxygen atoms in total. The molecule has 0 saturated heterocycles. The molecular weight excluding hydrogens is 256 g/mol. The maximum atomic E-state index is 5.45. The van der Waals surface area contributed by atoms with Gasteiger partial charge in [0.15, 0.2) is 0 Å². The average molecular weight is 295 g/mol. The lowest BCUT2D eigenvalue weighted by Gasteiger charge is -2.17. The van der Waals surface area contributed by atoms with Crippen LogP contribution < -0.4 is 0 Å². The molecule has 0 aromatic rings. The Hall–Kier alpha value is -0.720. The van der Waals surface area contributed by atoms with E-state index in [1.165, 1.54) is 25.7 Å². The molecule has 21 heavy (non-hydrogen) atoms. The Labute approximate surface area is 133 Å². The van der Waals surface area contributed by atoms with Gasteiger partial charge in [-0.25, -0.2) is 0 Å². The lowest BCUT2D eigenvalue weighted by atomic mass is 9.89. The van der Waals surface area contributed by atoms with Crippen LogP contribution in [0.25, 0.3) is 0 Å². The summed E-state index contributed by atoms with van der Waals surface area (Å²) in [5.74, 6) is 3.08. The van der Waals surface area contributed by atoms with Crippen LogP contribution in [-0.4, -0.2) is 0 Å². The first kappa shape index (κ1) is 20.3. The van der Waals surface area contributed by atoms with Gasteiger partial charge in [-0.2, -0.15) is 0 Å². The van der Waals surface area contributed by atoms with Gasteiger partial charge in [-0.05, 0) is 48.7 Å². The second-order valence-corrected chi connectivity index (χ2v) is 6.84. The second kappa shape index (κ2) is 13.0. The van der Waals surface area contributed by atoms with Crippen molar-refractivity contribution in [1.29, 1.82) is 0 Å². The van der Waals surface area contributed by atoms with Crippen LogP contribution in [0.2, 0.25) is 0 Å². The Bertz CT molecular complexity index is 252. The highest BCUT2D eigenvalue weighted by molar-refractivity contribution is 4.83. The third-order valence-electron chi connectivity index (χ3n) is 4.80. The molecule has 0 bridgehead atoms. The Morgan fingerprint density at radius 3 is 1.38 bits per heavy atom. The molecule has 1 heteroatoms. The number of allylic oxidation sites excluding steroid dienone is 2. The Kier molecular flexibility index (Phi) is 12.5. The zero-order valence-electron chi connectivity index (χ0n) is 15.3. The van der Waals surface area contributed by atoms with Gasteiger partial charge in [0, 0.05) is 0 Å². The smallest absolute Gasteiger partial charge is 0.0861 e. The number of rotatable bonds is 12. The quantitative estimate of drug-likeness (QED) is 0.354. The molecule has 0 radical (unpaired) electrons. The third-order valence-corrected chi connectivity index (χ3v) is 4.80. The molecule has 0 amide bonds. The first-order valence-electron chi connectivity index (χ1n) is 8.98. The van der Waals surface area contributed by atoms with Gasteiger partial charge in [0.05, 0.1) is 12.5 Å². The van der Waals surface area contributed by atoms with Crippen molar-refractivity contribution >= 4 is 0 Å². The highest BCUT2D eigenvalue weighted by atomic mass is 16.5. The van der Waals surface area contributed by atoms with Gasteiger partial charge in [0.1, 0.15) is 0 Å².